The van der Waals surface area contributed by atoms with Gasteiger partial charge in [-0.25, -0.2) is 0 Å². The van der Waals surface area contributed by atoms with Crippen molar-refractivity contribution < 1.29 is 4.74 Å². The van der Waals surface area contributed by atoms with Crippen LogP contribution in [0.25, 0.3) is 0 Å². The molecule has 1 N–H and O–H groups in total. The zero-order valence-corrected chi connectivity index (χ0v) is 12.6. The molecule has 20 heavy (non-hydrogen) atoms. The lowest BCUT2D eigenvalue weighted by Crippen LogP contribution is -2.02. The van der Waals surface area contributed by atoms with Gasteiger partial charge in [-0.05, 0) is 43.5 Å². The average Bonchev–Trinajstić information content (AvgIpc) is 2.46. The SMILES string of the molecule is CCCOc1cccc(NCc2cc(C)ccc2C)c1. The van der Waals surface area contributed by atoms with Gasteiger partial charge in [0.15, 0.2) is 0 Å². The minimum absolute atomic E-state index is 0.764. The van der Waals surface area contributed by atoms with Crippen molar-refractivity contribution in [2.24, 2.45) is 0 Å². The Morgan fingerprint density at radius 2 is 1.90 bits per heavy atom. The van der Waals surface area contributed by atoms with Crippen LogP contribution in [0.1, 0.15) is 30.0 Å². The van der Waals surface area contributed by atoms with E-state index in [2.05, 4.69) is 56.4 Å². The number of nitrogens with one attached hydrogen (secondary N) is 1. The van der Waals surface area contributed by atoms with Crippen LogP contribution in [0.2, 0.25) is 0 Å². The first-order valence-corrected chi connectivity index (χ1v) is 7.22. The van der Waals surface area contributed by atoms with Gasteiger partial charge >= 0.3 is 0 Å². The zero-order valence-electron chi connectivity index (χ0n) is 12.6. The molecule has 2 rings (SSSR count). The molecule has 0 heterocycles. The third kappa shape index (κ3) is 4.02. The first-order chi connectivity index (χ1) is 9.69. The van der Waals surface area contributed by atoms with E-state index in [4.69, 9.17) is 4.74 Å². The summed E-state index contributed by atoms with van der Waals surface area (Å²) in [4.78, 5) is 0. The number of hydrogen-bond donors (Lipinski definition) is 1. The molecule has 0 saturated heterocycles. The van der Waals surface area contributed by atoms with Crippen LogP contribution in [0.3, 0.4) is 0 Å². The molecule has 2 aromatic carbocycles. The quantitative estimate of drug-likeness (QED) is 0.820. The molecule has 0 aliphatic rings. The van der Waals surface area contributed by atoms with Gasteiger partial charge < -0.3 is 10.1 Å². The lowest BCUT2D eigenvalue weighted by Gasteiger charge is -2.11. The highest BCUT2D eigenvalue weighted by molar-refractivity contribution is 5.49. The van der Waals surface area contributed by atoms with Crippen molar-refractivity contribution in [3.05, 3.63) is 59.2 Å². The maximum atomic E-state index is 5.65. The summed E-state index contributed by atoms with van der Waals surface area (Å²) < 4.78 is 5.65. The largest absolute Gasteiger partial charge is 0.494 e. The smallest absolute Gasteiger partial charge is 0.121 e. The van der Waals surface area contributed by atoms with E-state index in [1.807, 2.05) is 12.1 Å². The fourth-order valence-corrected chi connectivity index (χ4v) is 2.10. The fourth-order valence-electron chi connectivity index (χ4n) is 2.10. The number of ether oxygens (including phenoxy) is 1. The Morgan fingerprint density at radius 1 is 1.05 bits per heavy atom. The van der Waals surface area contributed by atoms with Crippen LogP contribution in [-0.4, -0.2) is 6.61 Å². The maximum absolute atomic E-state index is 5.65. The summed E-state index contributed by atoms with van der Waals surface area (Å²) >= 11 is 0. The van der Waals surface area contributed by atoms with Crippen LogP contribution in [-0.2, 0) is 6.54 Å². The van der Waals surface area contributed by atoms with Crippen molar-refractivity contribution in [1.29, 1.82) is 0 Å². The van der Waals surface area contributed by atoms with Crippen molar-refractivity contribution in [3.8, 4) is 5.75 Å². The topological polar surface area (TPSA) is 21.3 Å². The van der Waals surface area contributed by atoms with Crippen LogP contribution >= 0.6 is 0 Å². The number of anilines is 1. The van der Waals surface area contributed by atoms with E-state index in [1.54, 1.807) is 0 Å². The fraction of sp³-hybridized carbons (Fsp3) is 0.333. The van der Waals surface area contributed by atoms with Crippen molar-refractivity contribution in [3.63, 3.8) is 0 Å². The Morgan fingerprint density at radius 3 is 2.70 bits per heavy atom. The van der Waals surface area contributed by atoms with Crippen molar-refractivity contribution in [1.82, 2.24) is 0 Å². The van der Waals surface area contributed by atoms with E-state index in [-0.39, 0.29) is 0 Å². The number of aryl methyl sites for hydroxylation is 2. The molecule has 0 atom stereocenters. The summed E-state index contributed by atoms with van der Waals surface area (Å²) in [6.45, 7) is 7.99. The van der Waals surface area contributed by atoms with E-state index in [1.165, 1.54) is 16.7 Å². The Labute approximate surface area is 121 Å². The predicted octanol–water partition coefficient (Wildman–Crippen LogP) is 4.70. The molecular weight excluding hydrogens is 246 g/mol. The summed E-state index contributed by atoms with van der Waals surface area (Å²) in [7, 11) is 0. The summed E-state index contributed by atoms with van der Waals surface area (Å²) in [5.74, 6) is 0.929. The molecule has 106 valence electrons. The molecule has 0 aromatic heterocycles. The predicted molar refractivity (Wildman–Crippen MR) is 85.5 cm³/mol. The number of benzene rings is 2. The number of hydrogen-bond acceptors (Lipinski definition) is 2. The van der Waals surface area contributed by atoms with Crippen LogP contribution in [0.15, 0.2) is 42.5 Å². The van der Waals surface area contributed by atoms with Gasteiger partial charge in [0.2, 0.25) is 0 Å². The summed E-state index contributed by atoms with van der Waals surface area (Å²) in [5.41, 5.74) is 5.05. The minimum Gasteiger partial charge on any atom is -0.494 e. The Balaban J connectivity index is 2.01. The van der Waals surface area contributed by atoms with Crippen molar-refractivity contribution in [2.45, 2.75) is 33.7 Å². The first-order valence-electron chi connectivity index (χ1n) is 7.22. The molecular formula is C18H23NO. The maximum Gasteiger partial charge on any atom is 0.121 e. The average molecular weight is 269 g/mol. The van der Waals surface area contributed by atoms with Gasteiger partial charge in [0.25, 0.3) is 0 Å². The molecule has 0 radical (unpaired) electrons. The monoisotopic (exact) mass is 269 g/mol. The van der Waals surface area contributed by atoms with Gasteiger partial charge in [0.1, 0.15) is 5.75 Å². The molecule has 2 aromatic rings. The lowest BCUT2D eigenvalue weighted by atomic mass is 10.1. The van der Waals surface area contributed by atoms with Crippen LogP contribution in [0, 0.1) is 13.8 Å². The third-order valence-corrected chi connectivity index (χ3v) is 3.29. The Bertz CT molecular complexity index is 563. The Hall–Kier alpha value is -1.96. The highest BCUT2D eigenvalue weighted by Crippen LogP contribution is 2.19. The van der Waals surface area contributed by atoms with E-state index < -0.39 is 0 Å². The molecule has 2 nitrogen and oxygen atoms in total. The molecule has 0 aliphatic carbocycles. The molecule has 0 saturated carbocycles. The second-order valence-electron chi connectivity index (χ2n) is 5.16. The van der Waals surface area contributed by atoms with Crippen LogP contribution in [0.5, 0.6) is 5.75 Å². The summed E-state index contributed by atoms with van der Waals surface area (Å²) in [5, 5.41) is 3.47. The summed E-state index contributed by atoms with van der Waals surface area (Å²) in [6.07, 6.45) is 1.03. The second kappa shape index (κ2) is 6.99. The number of rotatable bonds is 6. The normalized spacial score (nSPS) is 10.3. The van der Waals surface area contributed by atoms with Crippen molar-refractivity contribution in [2.75, 3.05) is 11.9 Å². The lowest BCUT2D eigenvalue weighted by molar-refractivity contribution is 0.317. The zero-order chi connectivity index (χ0) is 14.4. The van der Waals surface area contributed by atoms with Crippen LogP contribution < -0.4 is 10.1 Å². The molecule has 0 aliphatic heterocycles. The first kappa shape index (κ1) is 14.4. The van der Waals surface area contributed by atoms with Gasteiger partial charge in [-0.15, -0.1) is 0 Å². The Kier molecular flexibility index (Phi) is 5.05. The molecule has 0 unspecified atom stereocenters. The molecule has 0 amide bonds. The van der Waals surface area contributed by atoms with Gasteiger partial charge in [-0.1, -0.05) is 36.8 Å². The van der Waals surface area contributed by atoms with Gasteiger partial charge in [-0.3, -0.25) is 0 Å². The molecule has 2 heteroatoms. The highest BCUT2D eigenvalue weighted by atomic mass is 16.5. The third-order valence-electron chi connectivity index (χ3n) is 3.29. The van der Waals surface area contributed by atoms with Gasteiger partial charge in [-0.2, -0.15) is 0 Å². The highest BCUT2D eigenvalue weighted by Gasteiger charge is 2.00. The molecule has 0 bridgehead atoms. The van der Waals surface area contributed by atoms with E-state index in [0.29, 0.717) is 0 Å². The minimum atomic E-state index is 0.764. The van der Waals surface area contributed by atoms with Crippen molar-refractivity contribution >= 4 is 5.69 Å². The van der Waals surface area contributed by atoms with Gasteiger partial charge in [0.05, 0.1) is 6.61 Å². The van der Waals surface area contributed by atoms with Gasteiger partial charge in [0, 0.05) is 18.3 Å². The van der Waals surface area contributed by atoms with Crippen LogP contribution in [0.4, 0.5) is 5.69 Å². The second-order valence-corrected chi connectivity index (χ2v) is 5.16. The molecule has 0 fully saturated rings. The van der Waals surface area contributed by atoms with E-state index in [0.717, 1.165) is 31.0 Å². The van der Waals surface area contributed by atoms with E-state index >= 15 is 0 Å². The summed E-state index contributed by atoms with van der Waals surface area (Å²) in [6, 6.07) is 14.7. The molecule has 0 spiro atoms. The van der Waals surface area contributed by atoms with E-state index in [9.17, 15) is 0 Å². The standard InChI is InChI=1S/C18H23NO/c1-4-10-20-18-7-5-6-17(12-18)19-13-16-11-14(2)8-9-15(16)3/h5-9,11-12,19H,4,10,13H2,1-3H3.